The third kappa shape index (κ3) is 6.82. The summed E-state index contributed by atoms with van der Waals surface area (Å²) in [4.78, 5) is 23.8. The highest BCUT2D eigenvalue weighted by Gasteiger charge is 2.32. The molecule has 2 rings (SSSR count). The van der Waals surface area contributed by atoms with E-state index in [1.165, 1.54) is 12.1 Å². The number of amides is 2. The normalized spacial score (nSPS) is 11.5. The number of anilines is 2. The molecule has 0 radical (unpaired) electrons. The van der Waals surface area contributed by atoms with Crippen molar-refractivity contribution in [2.75, 3.05) is 10.6 Å². The Bertz CT molecular complexity index is 846. The van der Waals surface area contributed by atoms with Crippen molar-refractivity contribution in [3.8, 4) is 5.75 Å². The van der Waals surface area contributed by atoms with E-state index in [2.05, 4.69) is 10.6 Å². The van der Waals surface area contributed by atoms with Crippen LogP contribution in [-0.2, 0) is 10.9 Å². The molecule has 6 nitrogen and oxygen atoms in total. The highest BCUT2D eigenvalue weighted by atomic mass is 19.4. The molecule has 9 heteroatoms. The molecular formula is C19H19F3N2O4. The van der Waals surface area contributed by atoms with E-state index in [1.807, 2.05) is 0 Å². The monoisotopic (exact) mass is 396 g/mol. The fourth-order valence-corrected chi connectivity index (χ4v) is 2.10. The maximum Gasteiger partial charge on any atom is 0.417 e. The lowest BCUT2D eigenvalue weighted by atomic mass is 10.1. The van der Waals surface area contributed by atoms with E-state index >= 15 is 0 Å². The zero-order valence-electron chi connectivity index (χ0n) is 15.4. The van der Waals surface area contributed by atoms with E-state index in [0.29, 0.717) is 0 Å². The summed E-state index contributed by atoms with van der Waals surface area (Å²) in [6.45, 7) is 4.85. The highest BCUT2D eigenvalue weighted by Crippen LogP contribution is 2.33. The average molecular weight is 396 g/mol. The lowest BCUT2D eigenvalue weighted by molar-refractivity contribution is -0.137. The summed E-state index contributed by atoms with van der Waals surface area (Å²) in [5.41, 5.74) is -2.29. The van der Waals surface area contributed by atoms with Crippen LogP contribution in [0.3, 0.4) is 0 Å². The molecule has 0 heterocycles. The van der Waals surface area contributed by atoms with Crippen LogP contribution in [0.2, 0.25) is 0 Å². The molecule has 0 atom stereocenters. The van der Waals surface area contributed by atoms with Gasteiger partial charge in [-0.05, 0) is 51.1 Å². The number of alkyl halides is 3. The van der Waals surface area contributed by atoms with Gasteiger partial charge in [-0.3, -0.25) is 10.6 Å². The average Bonchev–Trinajstić information content (AvgIpc) is 2.52. The van der Waals surface area contributed by atoms with E-state index in [0.717, 1.165) is 18.2 Å². The Morgan fingerprint density at radius 2 is 1.39 bits per heavy atom. The second-order valence-corrected chi connectivity index (χ2v) is 6.75. The minimum absolute atomic E-state index is 0.195. The number of rotatable bonds is 3. The zero-order valence-corrected chi connectivity index (χ0v) is 15.4. The SMILES string of the molecule is CC(C)(C)OC(=O)Nc1cc(NC(=O)Oc2ccccc2)cc(C(F)(F)F)c1. The van der Waals surface area contributed by atoms with E-state index in [1.54, 1.807) is 39.0 Å². The molecular weight excluding hydrogens is 377 g/mol. The number of para-hydroxylation sites is 1. The molecule has 28 heavy (non-hydrogen) atoms. The summed E-state index contributed by atoms with van der Waals surface area (Å²) in [7, 11) is 0. The first-order valence-electron chi connectivity index (χ1n) is 8.18. The number of hydrogen-bond acceptors (Lipinski definition) is 4. The molecule has 0 aliphatic rings. The van der Waals surface area contributed by atoms with Gasteiger partial charge in [-0.2, -0.15) is 13.2 Å². The molecule has 2 amide bonds. The number of ether oxygens (including phenoxy) is 2. The molecule has 2 aromatic carbocycles. The molecule has 0 unspecified atom stereocenters. The minimum Gasteiger partial charge on any atom is -0.444 e. The summed E-state index contributed by atoms with van der Waals surface area (Å²) in [6.07, 6.45) is -6.59. The van der Waals surface area contributed by atoms with Crippen LogP contribution in [0.25, 0.3) is 0 Å². The Hall–Kier alpha value is -3.23. The number of carbonyl (C=O) groups is 2. The van der Waals surface area contributed by atoms with E-state index < -0.39 is 29.5 Å². The van der Waals surface area contributed by atoms with Crippen molar-refractivity contribution in [2.45, 2.75) is 32.5 Å². The second kappa shape index (κ2) is 8.20. The van der Waals surface area contributed by atoms with Crippen molar-refractivity contribution in [3.05, 3.63) is 54.1 Å². The van der Waals surface area contributed by atoms with Gasteiger partial charge in [0.2, 0.25) is 0 Å². The Labute approximate surface area is 159 Å². The second-order valence-electron chi connectivity index (χ2n) is 6.75. The fraction of sp³-hybridized carbons (Fsp3) is 0.263. The molecule has 0 saturated carbocycles. The van der Waals surface area contributed by atoms with E-state index in [4.69, 9.17) is 9.47 Å². The topological polar surface area (TPSA) is 76.7 Å². The van der Waals surface area contributed by atoms with Crippen LogP contribution >= 0.6 is 0 Å². The molecule has 0 aliphatic carbocycles. The van der Waals surface area contributed by atoms with Crippen LogP contribution in [0.1, 0.15) is 26.3 Å². The molecule has 0 saturated heterocycles. The summed E-state index contributed by atoms with van der Waals surface area (Å²) in [5.74, 6) is 0.221. The maximum absolute atomic E-state index is 13.2. The van der Waals surface area contributed by atoms with Crippen LogP contribution in [0, 0.1) is 0 Å². The zero-order chi connectivity index (χ0) is 20.9. The van der Waals surface area contributed by atoms with Gasteiger partial charge in [0.25, 0.3) is 0 Å². The van der Waals surface area contributed by atoms with Gasteiger partial charge in [0.15, 0.2) is 0 Å². The number of carbonyl (C=O) groups excluding carboxylic acids is 2. The van der Waals surface area contributed by atoms with Crippen LogP contribution in [0.15, 0.2) is 48.5 Å². The van der Waals surface area contributed by atoms with Crippen LogP contribution in [-0.4, -0.2) is 17.8 Å². The molecule has 0 aromatic heterocycles. The molecule has 2 N–H and O–H groups in total. The molecule has 150 valence electrons. The lowest BCUT2D eigenvalue weighted by Crippen LogP contribution is -2.27. The summed E-state index contributed by atoms with van der Waals surface area (Å²) >= 11 is 0. The highest BCUT2D eigenvalue weighted by molar-refractivity contribution is 5.90. The first-order valence-corrected chi connectivity index (χ1v) is 8.18. The Morgan fingerprint density at radius 1 is 0.857 bits per heavy atom. The largest absolute Gasteiger partial charge is 0.444 e. The van der Waals surface area contributed by atoms with Crippen molar-refractivity contribution in [1.82, 2.24) is 0 Å². The third-order valence-electron chi connectivity index (χ3n) is 3.11. The van der Waals surface area contributed by atoms with Gasteiger partial charge in [-0.15, -0.1) is 0 Å². The molecule has 0 fully saturated rings. The van der Waals surface area contributed by atoms with Crippen LogP contribution in [0.5, 0.6) is 5.75 Å². The summed E-state index contributed by atoms with van der Waals surface area (Å²) in [6, 6.07) is 10.6. The first kappa shape index (κ1) is 21.1. The van der Waals surface area contributed by atoms with Gasteiger partial charge in [0.05, 0.1) is 5.56 Å². The number of halogens is 3. The predicted molar refractivity (Wildman–Crippen MR) is 97.4 cm³/mol. The summed E-state index contributed by atoms with van der Waals surface area (Å²) in [5, 5.41) is 4.43. The molecule has 0 bridgehead atoms. The fourth-order valence-electron chi connectivity index (χ4n) is 2.10. The predicted octanol–water partition coefficient (Wildman–Crippen LogP) is 5.66. The van der Waals surface area contributed by atoms with Gasteiger partial charge < -0.3 is 9.47 Å². The van der Waals surface area contributed by atoms with Crippen molar-refractivity contribution in [1.29, 1.82) is 0 Å². The third-order valence-corrected chi connectivity index (χ3v) is 3.11. The Balaban J connectivity index is 2.20. The number of hydrogen-bond donors (Lipinski definition) is 2. The van der Waals surface area contributed by atoms with Gasteiger partial charge in [-0.25, -0.2) is 9.59 Å². The first-order chi connectivity index (χ1) is 12.9. The van der Waals surface area contributed by atoms with Crippen LogP contribution < -0.4 is 15.4 Å². The Morgan fingerprint density at radius 3 is 1.89 bits per heavy atom. The summed E-state index contributed by atoms with van der Waals surface area (Å²) < 4.78 is 49.5. The molecule has 2 aromatic rings. The Kier molecular flexibility index (Phi) is 6.17. The molecule has 0 aliphatic heterocycles. The van der Waals surface area contributed by atoms with Gasteiger partial charge >= 0.3 is 18.4 Å². The standard InChI is InChI=1S/C19H19F3N2O4/c1-18(2,3)28-17(26)24-14-10-12(19(20,21)22)9-13(11-14)23-16(25)27-15-7-5-4-6-8-15/h4-11H,1-3H3,(H,23,25)(H,24,26). The van der Waals surface area contributed by atoms with Crippen molar-refractivity contribution >= 4 is 23.6 Å². The number of nitrogens with one attached hydrogen (secondary N) is 2. The minimum atomic E-state index is -4.69. The van der Waals surface area contributed by atoms with Crippen LogP contribution in [0.4, 0.5) is 34.1 Å². The quantitative estimate of drug-likeness (QED) is 0.702. The smallest absolute Gasteiger partial charge is 0.417 e. The van der Waals surface area contributed by atoms with Crippen molar-refractivity contribution in [3.63, 3.8) is 0 Å². The van der Waals surface area contributed by atoms with Gasteiger partial charge in [0, 0.05) is 11.4 Å². The van der Waals surface area contributed by atoms with Gasteiger partial charge in [0.1, 0.15) is 11.4 Å². The van der Waals surface area contributed by atoms with Gasteiger partial charge in [-0.1, -0.05) is 18.2 Å². The maximum atomic E-state index is 13.2. The van der Waals surface area contributed by atoms with E-state index in [9.17, 15) is 22.8 Å². The van der Waals surface area contributed by atoms with Crippen molar-refractivity contribution in [2.24, 2.45) is 0 Å². The lowest BCUT2D eigenvalue weighted by Gasteiger charge is -2.20. The van der Waals surface area contributed by atoms with Crippen molar-refractivity contribution < 1.29 is 32.2 Å². The van der Waals surface area contributed by atoms with E-state index in [-0.39, 0.29) is 17.1 Å². The number of benzene rings is 2. The molecule has 0 spiro atoms.